The molecule has 1 aliphatic rings. The molecule has 3 aromatic rings. The summed E-state index contributed by atoms with van der Waals surface area (Å²) in [4.78, 5) is 7.74. The number of aromatic nitrogens is 2. The Balaban J connectivity index is 1.66. The highest BCUT2D eigenvalue weighted by molar-refractivity contribution is 5.64. The molecule has 0 radical (unpaired) electrons. The van der Waals surface area contributed by atoms with Gasteiger partial charge < -0.3 is 10.3 Å². The van der Waals surface area contributed by atoms with E-state index in [1.54, 1.807) is 6.33 Å². The fourth-order valence-corrected chi connectivity index (χ4v) is 3.19. The third kappa shape index (κ3) is 2.34. The normalized spacial score (nSPS) is 17.2. The number of hydrogen-bond acceptors (Lipinski definition) is 2. The first-order valence-corrected chi connectivity index (χ1v) is 7.74. The first-order chi connectivity index (χ1) is 10.8. The minimum atomic E-state index is 0.196. The number of benzene rings is 2. The van der Waals surface area contributed by atoms with Crippen molar-refractivity contribution in [2.75, 3.05) is 6.54 Å². The smallest absolute Gasteiger partial charge is 0.0926 e. The predicted molar refractivity (Wildman–Crippen MR) is 88.8 cm³/mol. The van der Waals surface area contributed by atoms with Gasteiger partial charge in [-0.15, -0.1) is 0 Å². The summed E-state index contributed by atoms with van der Waals surface area (Å²) in [6.07, 6.45) is 2.82. The van der Waals surface area contributed by atoms with Crippen LogP contribution in [0.5, 0.6) is 0 Å². The number of aromatic amines is 1. The number of fused-ring (bicyclic) bond motifs is 1. The van der Waals surface area contributed by atoms with Gasteiger partial charge in [0.05, 0.1) is 18.1 Å². The molecule has 1 unspecified atom stereocenters. The maximum atomic E-state index is 4.49. The summed E-state index contributed by atoms with van der Waals surface area (Å²) in [6.45, 7) is 3.11. The Kier molecular flexibility index (Phi) is 3.28. The van der Waals surface area contributed by atoms with E-state index in [2.05, 4.69) is 70.7 Å². The number of hydrogen-bond donors (Lipinski definition) is 2. The molecule has 22 heavy (non-hydrogen) atoms. The SMILES string of the molecule is Cc1cccc(-c2ccc(C3NCCc4[nH]cnc43)cc2)c1. The fourth-order valence-electron chi connectivity index (χ4n) is 3.19. The van der Waals surface area contributed by atoms with Gasteiger partial charge in [-0.1, -0.05) is 54.1 Å². The van der Waals surface area contributed by atoms with E-state index in [4.69, 9.17) is 0 Å². The summed E-state index contributed by atoms with van der Waals surface area (Å²) >= 11 is 0. The number of nitrogens with zero attached hydrogens (tertiary/aromatic N) is 1. The van der Waals surface area contributed by atoms with Crippen LogP contribution in [0, 0.1) is 6.92 Å². The Labute approximate surface area is 130 Å². The Morgan fingerprint density at radius 1 is 1.05 bits per heavy atom. The summed E-state index contributed by atoms with van der Waals surface area (Å²) in [6, 6.07) is 17.6. The minimum absolute atomic E-state index is 0.196. The second-order valence-corrected chi connectivity index (χ2v) is 5.89. The highest BCUT2D eigenvalue weighted by atomic mass is 15.0. The molecule has 0 amide bonds. The average Bonchev–Trinajstić information content (AvgIpc) is 3.04. The van der Waals surface area contributed by atoms with E-state index in [9.17, 15) is 0 Å². The lowest BCUT2D eigenvalue weighted by Gasteiger charge is -2.23. The number of imidazole rings is 1. The van der Waals surface area contributed by atoms with E-state index in [0.717, 1.165) is 18.7 Å². The maximum absolute atomic E-state index is 4.49. The molecule has 1 aliphatic heterocycles. The van der Waals surface area contributed by atoms with Crippen molar-refractivity contribution in [3.05, 3.63) is 77.4 Å². The summed E-state index contributed by atoms with van der Waals surface area (Å²) in [5, 5.41) is 3.56. The maximum Gasteiger partial charge on any atom is 0.0926 e. The van der Waals surface area contributed by atoms with E-state index in [1.165, 1.54) is 27.9 Å². The Bertz CT molecular complexity index is 786. The Morgan fingerprint density at radius 2 is 1.91 bits per heavy atom. The molecule has 3 nitrogen and oxygen atoms in total. The average molecular weight is 289 g/mol. The van der Waals surface area contributed by atoms with Crippen LogP contribution in [0.4, 0.5) is 0 Å². The van der Waals surface area contributed by atoms with Crippen LogP contribution in [0.3, 0.4) is 0 Å². The van der Waals surface area contributed by atoms with Crippen molar-refractivity contribution < 1.29 is 0 Å². The Hall–Kier alpha value is -2.39. The predicted octanol–water partition coefficient (Wildman–Crippen LogP) is 3.62. The quantitative estimate of drug-likeness (QED) is 0.756. The topological polar surface area (TPSA) is 40.7 Å². The molecular weight excluding hydrogens is 270 g/mol. The first-order valence-electron chi connectivity index (χ1n) is 7.74. The van der Waals surface area contributed by atoms with Crippen molar-refractivity contribution >= 4 is 0 Å². The van der Waals surface area contributed by atoms with Gasteiger partial charge in [0.15, 0.2) is 0 Å². The second-order valence-electron chi connectivity index (χ2n) is 5.89. The minimum Gasteiger partial charge on any atom is -0.348 e. The molecule has 3 heteroatoms. The van der Waals surface area contributed by atoms with Crippen LogP contribution >= 0.6 is 0 Å². The molecule has 1 aromatic heterocycles. The van der Waals surface area contributed by atoms with Gasteiger partial charge in [-0.2, -0.15) is 0 Å². The fraction of sp³-hybridized carbons (Fsp3) is 0.211. The highest BCUT2D eigenvalue weighted by Gasteiger charge is 2.23. The molecule has 0 spiro atoms. The van der Waals surface area contributed by atoms with Crippen molar-refractivity contribution in [2.24, 2.45) is 0 Å². The third-order valence-electron chi connectivity index (χ3n) is 4.34. The van der Waals surface area contributed by atoms with Crippen LogP contribution in [0.2, 0.25) is 0 Å². The zero-order valence-corrected chi connectivity index (χ0v) is 12.6. The number of nitrogens with one attached hydrogen (secondary N) is 2. The standard InChI is InChI=1S/C19H19N3/c1-13-3-2-4-16(11-13)14-5-7-15(8-6-14)18-19-17(9-10-20-18)21-12-22-19/h2-8,11-12,18,20H,9-10H2,1H3,(H,21,22). The molecule has 0 aliphatic carbocycles. The molecule has 0 bridgehead atoms. The molecule has 4 rings (SSSR count). The van der Waals surface area contributed by atoms with Crippen LogP contribution in [0.15, 0.2) is 54.9 Å². The van der Waals surface area contributed by atoms with Crippen molar-refractivity contribution in [1.29, 1.82) is 0 Å². The summed E-state index contributed by atoms with van der Waals surface area (Å²) in [5.41, 5.74) is 7.47. The van der Waals surface area contributed by atoms with Gasteiger partial charge in [-0.05, 0) is 23.6 Å². The van der Waals surface area contributed by atoms with E-state index < -0.39 is 0 Å². The van der Waals surface area contributed by atoms with Gasteiger partial charge in [0, 0.05) is 18.7 Å². The van der Waals surface area contributed by atoms with Crippen molar-refractivity contribution in [1.82, 2.24) is 15.3 Å². The molecule has 0 fully saturated rings. The summed E-state index contributed by atoms with van der Waals surface area (Å²) < 4.78 is 0. The molecule has 110 valence electrons. The number of rotatable bonds is 2. The van der Waals surface area contributed by atoms with Gasteiger partial charge in [0.25, 0.3) is 0 Å². The van der Waals surface area contributed by atoms with Gasteiger partial charge in [-0.25, -0.2) is 4.98 Å². The highest BCUT2D eigenvalue weighted by Crippen LogP contribution is 2.28. The van der Waals surface area contributed by atoms with E-state index in [-0.39, 0.29) is 6.04 Å². The molecule has 0 saturated heterocycles. The number of aryl methyl sites for hydroxylation is 1. The zero-order chi connectivity index (χ0) is 14.9. The third-order valence-corrected chi connectivity index (χ3v) is 4.34. The van der Waals surface area contributed by atoms with Crippen LogP contribution in [-0.4, -0.2) is 16.5 Å². The lowest BCUT2D eigenvalue weighted by molar-refractivity contribution is 0.553. The lowest BCUT2D eigenvalue weighted by Crippen LogP contribution is -2.30. The van der Waals surface area contributed by atoms with Gasteiger partial charge in [0.1, 0.15) is 0 Å². The monoisotopic (exact) mass is 289 g/mol. The van der Waals surface area contributed by atoms with Crippen LogP contribution < -0.4 is 5.32 Å². The zero-order valence-electron chi connectivity index (χ0n) is 12.6. The van der Waals surface area contributed by atoms with E-state index >= 15 is 0 Å². The second kappa shape index (κ2) is 5.43. The lowest BCUT2D eigenvalue weighted by atomic mass is 9.95. The van der Waals surface area contributed by atoms with Crippen molar-refractivity contribution in [3.63, 3.8) is 0 Å². The van der Waals surface area contributed by atoms with Gasteiger partial charge in [0.2, 0.25) is 0 Å². The van der Waals surface area contributed by atoms with Gasteiger partial charge >= 0.3 is 0 Å². The van der Waals surface area contributed by atoms with Crippen molar-refractivity contribution in [2.45, 2.75) is 19.4 Å². The van der Waals surface area contributed by atoms with Crippen LogP contribution in [-0.2, 0) is 6.42 Å². The van der Waals surface area contributed by atoms with Crippen molar-refractivity contribution in [3.8, 4) is 11.1 Å². The summed E-state index contributed by atoms with van der Waals surface area (Å²) in [5.74, 6) is 0. The molecule has 2 aromatic carbocycles. The first kappa shape index (κ1) is 13.3. The van der Waals surface area contributed by atoms with Crippen LogP contribution in [0.1, 0.15) is 28.6 Å². The molecule has 2 N–H and O–H groups in total. The van der Waals surface area contributed by atoms with E-state index in [0.29, 0.717) is 0 Å². The Morgan fingerprint density at radius 3 is 2.73 bits per heavy atom. The van der Waals surface area contributed by atoms with Gasteiger partial charge in [-0.3, -0.25) is 0 Å². The summed E-state index contributed by atoms with van der Waals surface area (Å²) in [7, 11) is 0. The molecule has 1 atom stereocenters. The van der Waals surface area contributed by atoms with E-state index in [1.807, 2.05) is 0 Å². The number of H-pyrrole nitrogens is 1. The van der Waals surface area contributed by atoms with Crippen LogP contribution in [0.25, 0.3) is 11.1 Å². The molecule has 2 heterocycles. The molecule has 0 saturated carbocycles. The molecular formula is C19H19N3. The largest absolute Gasteiger partial charge is 0.348 e.